The topological polar surface area (TPSA) is 57.5 Å². The van der Waals surface area contributed by atoms with Crippen LogP contribution in [0.25, 0.3) is 10.9 Å². The molecule has 1 aromatic heterocycles. The molecule has 0 saturated carbocycles. The SMILES string of the molecule is ONC1=Nc2cnc3ccccc3c2SC1. The summed E-state index contributed by atoms with van der Waals surface area (Å²) < 4.78 is 0. The second-order valence-corrected chi connectivity index (χ2v) is 4.43. The molecule has 2 N–H and O–H groups in total. The number of aromatic nitrogens is 1. The van der Waals surface area contributed by atoms with Gasteiger partial charge in [-0.25, -0.2) is 4.99 Å². The van der Waals surface area contributed by atoms with Gasteiger partial charge in [0.05, 0.1) is 23.2 Å². The van der Waals surface area contributed by atoms with E-state index >= 15 is 0 Å². The lowest BCUT2D eigenvalue weighted by Crippen LogP contribution is -2.22. The van der Waals surface area contributed by atoms with Crippen molar-refractivity contribution in [2.45, 2.75) is 4.90 Å². The molecule has 2 aromatic rings. The van der Waals surface area contributed by atoms with E-state index in [-0.39, 0.29) is 0 Å². The first kappa shape index (κ1) is 9.62. The highest BCUT2D eigenvalue weighted by molar-refractivity contribution is 8.00. The van der Waals surface area contributed by atoms with Gasteiger partial charge >= 0.3 is 0 Å². The maximum atomic E-state index is 8.82. The minimum absolute atomic E-state index is 0.564. The third-order valence-corrected chi connectivity index (χ3v) is 3.58. The Hall–Kier alpha value is -1.59. The number of para-hydroxylation sites is 1. The third kappa shape index (κ3) is 1.45. The van der Waals surface area contributed by atoms with Crippen molar-refractivity contribution in [1.82, 2.24) is 10.5 Å². The monoisotopic (exact) mass is 231 g/mol. The van der Waals surface area contributed by atoms with Crippen molar-refractivity contribution in [1.29, 1.82) is 0 Å². The number of nitrogens with one attached hydrogen (secondary N) is 1. The fourth-order valence-corrected chi connectivity index (χ4v) is 2.70. The van der Waals surface area contributed by atoms with E-state index in [1.165, 1.54) is 0 Å². The first-order valence-corrected chi connectivity index (χ1v) is 5.85. The summed E-state index contributed by atoms with van der Waals surface area (Å²) in [5, 5.41) is 9.93. The Bertz CT molecular complexity index is 582. The maximum Gasteiger partial charge on any atom is 0.136 e. The summed E-state index contributed by atoms with van der Waals surface area (Å²) in [5.74, 6) is 1.21. The fraction of sp³-hybridized carbons (Fsp3) is 0.0909. The van der Waals surface area contributed by atoms with Crippen LogP contribution in [0.1, 0.15) is 0 Å². The molecule has 0 atom stereocenters. The molecule has 1 aliphatic rings. The third-order valence-electron chi connectivity index (χ3n) is 2.44. The van der Waals surface area contributed by atoms with E-state index in [0.29, 0.717) is 11.6 Å². The minimum Gasteiger partial charge on any atom is -0.290 e. The lowest BCUT2D eigenvalue weighted by atomic mass is 10.2. The normalized spacial score (nSPS) is 14.4. The lowest BCUT2D eigenvalue weighted by molar-refractivity contribution is 0.234. The number of fused-ring (bicyclic) bond motifs is 3. The number of hydrogen-bond donors (Lipinski definition) is 2. The standard InChI is InChI=1S/C11H9N3OS/c15-14-10-6-16-11-7-3-1-2-4-8(7)12-5-9(11)13-10/h1-5,15H,6H2,(H,13,14). The summed E-state index contributed by atoms with van der Waals surface area (Å²) in [4.78, 5) is 9.75. The number of hydroxylamine groups is 1. The summed E-state index contributed by atoms with van der Waals surface area (Å²) in [6.07, 6.45) is 1.74. The quantitative estimate of drug-likeness (QED) is 0.683. The van der Waals surface area contributed by atoms with E-state index < -0.39 is 0 Å². The number of amidine groups is 1. The zero-order chi connectivity index (χ0) is 11.0. The van der Waals surface area contributed by atoms with Crippen LogP contribution in [-0.2, 0) is 0 Å². The number of benzene rings is 1. The van der Waals surface area contributed by atoms with Gasteiger partial charge in [-0.05, 0) is 6.07 Å². The van der Waals surface area contributed by atoms with Crippen LogP contribution in [0.4, 0.5) is 5.69 Å². The molecule has 5 heteroatoms. The van der Waals surface area contributed by atoms with Gasteiger partial charge in [0.2, 0.25) is 0 Å². The number of hydrogen-bond acceptors (Lipinski definition) is 5. The van der Waals surface area contributed by atoms with Gasteiger partial charge in [-0.2, -0.15) is 0 Å². The molecule has 0 saturated heterocycles. The highest BCUT2D eigenvalue weighted by Gasteiger charge is 2.15. The van der Waals surface area contributed by atoms with E-state index in [2.05, 4.69) is 15.5 Å². The van der Waals surface area contributed by atoms with Gasteiger partial charge < -0.3 is 0 Å². The number of rotatable bonds is 0. The van der Waals surface area contributed by atoms with Gasteiger partial charge in [0.25, 0.3) is 0 Å². The molecular weight excluding hydrogens is 222 g/mol. The average molecular weight is 231 g/mol. The molecule has 4 nitrogen and oxygen atoms in total. The zero-order valence-corrected chi connectivity index (χ0v) is 9.16. The number of nitrogens with zero attached hydrogens (tertiary/aromatic N) is 2. The zero-order valence-electron chi connectivity index (χ0n) is 8.34. The van der Waals surface area contributed by atoms with Crippen LogP contribution in [0.3, 0.4) is 0 Å². The molecule has 0 radical (unpaired) electrons. The number of pyridine rings is 1. The van der Waals surface area contributed by atoms with Crippen LogP contribution in [0.5, 0.6) is 0 Å². The predicted molar refractivity (Wildman–Crippen MR) is 64.5 cm³/mol. The van der Waals surface area contributed by atoms with E-state index in [9.17, 15) is 0 Å². The molecule has 80 valence electrons. The van der Waals surface area contributed by atoms with Crippen LogP contribution >= 0.6 is 11.8 Å². The van der Waals surface area contributed by atoms with Crippen LogP contribution in [0, 0.1) is 0 Å². The van der Waals surface area contributed by atoms with Gasteiger partial charge in [0, 0.05) is 10.3 Å². The Morgan fingerprint density at radius 3 is 3.06 bits per heavy atom. The molecule has 0 amide bonds. The van der Waals surface area contributed by atoms with Crippen molar-refractivity contribution < 1.29 is 5.21 Å². The van der Waals surface area contributed by atoms with Crippen molar-refractivity contribution in [3.05, 3.63) is 30.5 Å². The predicted octanol–water partition coefficient (Wildman–Crippen LogP) is 2.35. The molecule has 2 heterocycles. The Balaban J connectivity index is 2.26. The second-order valence-electron chi connectivity index (χ2n) is 3.45. The molecule has 0 spiro atoms. The van der Waals surface area contributed by atoms with E-state index in [1.54, 1.807) is 18.0 Å². The van der Waals surface area contributed by atoms with E-state index in [1.807, 2.05) is 24.3 Å². The van der Waals surface area contributed by atoms with Gasteiger partial charge in [-0.15, -0.1) is 11.8 Å². The second kappa shape index (κ2) is 3.77. The summed E-state index contributed by atoms with van der Waals surface area (Å²) >= 11 is 1.66. The molecule has 0 aliphatic carbocycles. The highest BCUT2D eigenvalue weighted by Crippen LogP contribution is 2.37. The summed E-state index contributed by atoms with van der Waals surface area (Å²) in [6, 6.07) is 7.99. The average Bonchev–Trinajstić information content (AvgIpc) is 2.38. The molecule has 16 heavy (non-hydrogen) atoms. The largest absolute Gasteiger partial charge is 0.290 e. The van der Waals surface area contributed by atoms with Crippen molar-refractivity contribution in [2.75, 3.05) is 5.75 Å². The van der Waals surface area contributed by atoms with Crippen LogP contribution < -0.4 is 5.48 Å². The van der Waals surface area contributed by atoms with Crippen molar-refractivity contribution in [2.24, 2.45) is 4.99 Å². The van der Waals surface area contributed by atoms with Gasteiger partial charge in [0.15, 0.2) is 0 Å². The van der Waals surface area contributed by atoms with Crippen LogP contribution in [-0.4, -0.2) is 21.8 Å². The molecule has 0 fully saturated rings. The van der Waals surface area contributed by atoms with Crippen LogP contribution in [0.2, 0.25) is 0 Å². The van der Waals surface area contributed by atoms with Gasteiger partial charge in [-0.3, -0.25) is 15.7 Å². The smallest absolute Gasteiger partial charge is 0.136 e. The Kier molecular flexibility index (Phi) is 2.27. The van der Waals surface area contributed by atoms with E-state index in [0.717, 1.165) is 21.5 Å². The minimum atomic E-state index is 0.564. The Morgan fingerprint density at radius 2 is 2.19 bits per heavy atom. The molecule has 0 bridgehead atoms. The Morgan fingerprint density at radius 1 is 1.31 bits per heavy atom. The molecule has 1 aromatic carbocycles. The number of thioether (sulfide) groups is 1. The molecule has 3 rings (SSSR count). The summed E-state index contributed by atoms with van der Waals surface area (Å²) in [7, 11) is 0. The van der Waals surface area contributed by atoms with Gasteiger partial charge in [-0.1, -0.05) is 18.2 Å². The van der Waals surface area contributed by atoms with Crippen LogP contribution in [0.15, 0.2) is 40.4 Å². The molecule has 0 unspecified atom stereocenters. The first-order valence-electron chi connectivity index (χ1n) is 4.87. The Labute approximate surface area is 96.4 Å². The molecule has 1 aliphatic heterocycles. The van der Waals surface area contributed by atoms with Gasteiger partial charge in [0.1, 0.15) is 5.84 Å². The fourth-order valence-electron chi connectivity index (χ4n) is 1.71. The van der Waals surface area contributed by atoms with Crippen molar-refractivity contribution >= 4 is 34.2 Å². The first-order chi connectivity index (χ1) is 7.88. The number of aliphatic imine (C=N–C) groups is 1. The van der Waals surface area contributed by atoms with E-state index in [4.69, 9.17) is 5.21 Å². The summed E-state index contributed by atoms with van der Waals surface area (Å²) in [6.45, 7) is 0. The molecular formula is C11H9N3OS. The van der Waals surface area contributed by atoms with Crippen molar-refractivity contribution in [3.63, 3.8) is 0 Å². The maximum absolute atomic E-state index is 8.82. The summed E-state index contributed by atoms with van der Waals surface area (Å²) in [5.41, 5.74) is 3.88. The highest BCUT2D eigenvalue weighted by atomic mass is 32.2. The lowest BCUT2D eigenvalue weighted by Gasteiger charge is -2.15. The van der Waals surface area contributed by atoms with Crippen molar-refractivity contribution in [3.8, 4) is 0 Å².